The predicted molar refractivity (Wildman–Crippen MR) is 88.0 cm³/mol. The number of ether oxygens (including phenoxy) is 1. The van der Waals surface area contributed by atoms with Gasteiger partial charge in [-0.15, -0.1) is 0 Å². The minimum absolute atomic E-state index is 0.114. The zero-order chi connectivity index (χ0) is 16.5. The van der Waals surface area contributed by atoms with Gasteiger partial charge in [0.15, 0.2) is 0 Å². The first-order valence-corrected chi connectivity index (χ1v) is 7.93. The van der Waals surface area contributed by atoms with E-state index in [9.17, 15) is 9.90 Å². The number of benzene rings is 1. The minimum atomic E-state index is -0.517. The van der Waals surface area contributed by atoms with E-state index in [2.05, 4.69) is 10.6 Å². The van der Waals surface area contributed by atoms with Crippen molar-refractivity contribution in [3.05, 3.63) is 29.8 Å². The third-order valence-electron chi connectivity index (χ3n) is 3.81. The molecule has 5 nitrogen and oxygen atoms in total. The highest BCUT2D eigenvalue weighted by Crippen LogP contribution is 2.17. The van der Waals surface area contributed by atoms with Gasteiger partial charge in [-0.2, -0.15) is 0 Å². The van der Waals surface area contributed by atoms with Crippen LogP contribution in [0.15, 0.2) is 24.3 Å². The minimum Gasteiger partial charge on any atom is -0.494 e. The Morgan fingerprint density at radius 3 is 2.41 bits per heavy atom. The van der Waals surface area contributed by atoms with E-state index in [1.165, 1.54) is 0 Å². The highest BCUT2D eigenvalue weighted by Gasteiger charge is 2.14. The number of rotatable bonds is 8. The molecule has 0 radical (unpaired) electrons. The van der Waals surface area contributed by atoms with Crippen molar-refractivity contribution in [1.29, 1.82) is 0 Å². The van der Waals surface area contributed by atoms with Crippen LogP contribution in [0.3, 0.4) is 0 Å². The number of hydrogen-bond acceptors (Lipinski definition) is 3. The summed E-state index contributed by atoms with van der Waals surface area (Å²) in [5, 5.41) is 15.4. The summed E-state index contributed by atoms with van der Waals surface area (Å²) in [6.45, 7) is 8.73. The lowest BCUT2D eigenvalue weighted by molar-refractivity contribution is 0.114. The molecule has 2 amide bonds. The first kappa shape index (κ1) is 18.3. The highest BCUT2D eigenvalue weighted by molar-refractivity contribution is 5.74. The van der Waals surface area contributed by atoms with E-state index in [1.54, 1.807) is 0 Å². The van der Waals surface area contributed by atoms with Crippen LogP contribution in [-0.2, 0) is 0 Å². The Bertz CT molecular complexity index is 448. The zero-order valence-electron chi connectivity index (χ0n) is 13.9. The molecule has 0 saturated heterocycles. The lowest BCUT2D eigenvalue weighted by Gasteiger charge is -2.19. The number of carbonyl (C=O) groups is 1. The molecule has 0 aliphatic carbocycles. The molecule has 0 spiro atoms. The van der Waals surface area contributed by atoms with Gasteiger partial charge in [0.2, 0.25) is 0 Å². The van der Waals surface area contributed by atoms with Gasteiger partial charge in [0.1, 0.15) is 5.75 Å². The molecular weight excluding hydrogens is 280 g/mol. The van der Waals surface area contributed by atoms with Gasteiger partial charge in [0.25, 0.3) is 0 Å². The van der Waals surface area contributed by atoms with Crippen LogP contribution in [0.5, 0.6) is 5.75 Å². The Morgan fingerprint density at radius 1 is 1.23 bits per heavy atom. The predicted octanol–water partition coefficient (Wildman–Crippen LogP) is 2.85. The van der Waals surface area contributed by atoms with E-state index >= 15 is 0 Å². The summed E-state index contributed by atoms with van der Waals surface area (Å²) in [6.07, 6.45) is 0.365. The summed E-state index contributed by atoms with van der Waals surface area (Å²) in [6, 6.07) is 7.26. The molecule has 3 N–H and O–H groups in total. The van der Waals surface area contributed by atoms with Crippen molar-refractivity contribution in [3.8, 4) is 5.75 Å². The maximum Gasteiger partial charge on any atom is 0.315 e. The second-order valence-electron chi connectivity index (χ2n) is 5.53. The van der Waals surface area contributed by atoms with E-state index < -0.39 is 6.10 Å². The molecule has 124 valence electrons. The maximum atomic E-state index is 11.9. The summed E-state index contributed by atoms with van der Waals surface area (Å²) >= 11 is 0. The van der Waals surface area contributed by atoms with Crippen molar-refractivity contribution in [2.45, 2.75) is 46.3 Å². The lowest BCUT2D eigenvalue weighted by Crippen LogP contribution is -2.42. The quantitative estimate of drug-likeness (QED) is 0.691. The van der Waals surface area contributed by atoms with Crippen molar-refractivity contribution in [1.82, 2.24) is 10.6 Å². The standard InChI is InChI=1S/C17H28N2O3/c1-5-12(3)16(20)11-18-17(21)19-13(4)14-7-9-15(10-8-14)22-6-2/h7-10,12-13,16,20H,5-6,11H2,1-4H3,(H2,18,19,21). The van der Waals surface area contributed by atoms with Crippen molar-refractivity contribution < 1.29 is 14.6 Å². The monoisotopic (exact) mass is 308 g/mol. The Morgan fingerprint density at radius 2 is 1.86 bits per heavy atom. The second kappa shape index (κ2) is 9.30. The maximum absolute atomic E-state index is 11.9. The van der Waals surface area contributed by atoms with Crippen molar-refractivity contribution in [2.75, 3.05) is 13.2 Å². The third kappa shape index (κ3) is 5.93. The van der Waals surface area contributed by atoms with Crippen LogP contribution in [0.1, 0.15) is 45.7 Å². The van der Waals surface area contributed by atoms with E-state index in [4.69, 9.17) is 4.74 Å². The first-order valence-electron chi connectivity index (χ1n) is 7.93. The molecule has 0 heterocycles. The van der Waals surface area contributed by atoms with Gasteiger partial charge in [-0.3, -0.25) is 0 Å². The van der Waals surface area contributed by atoms with Crippen LogP contribution >= 0.6 is 0 Å². The third-order valence-corrected chi connectivity index (χ3v) is 3.81. The SMILES string of the molecule is CCOc1ccc(C(C)NC(=O)NCC(O)C(C)CC)cc1. The molecule has 22 heavy (non-hydrogen) atoms. The molecule has 1 rings (SSSR count). The van der Waals surface area contributed by atoms with Crippen LogP contribution in [-0.4, -0.2) is 30.4 Å². The second-order valence-corrected chi connectivity index (χ2v) is 5.53. The molecule has 3 unspecified atom stereocenters. The Labute approximate surface area is 133 Å². The largest absolute Gasteiger partial charge is 0.494 e. The average Bonchev–Trinajstić information content (AvgIpc) is 2.52. The molecule has 0 fully saturated rings. The first-order chi connectivity index (χ1) is 10.5. The molecule has 0 aromatic heterocycles. The lowest BCUT2D eigenvalue weighted by atomic mass is 10.0. The van der Waals surface area contributed by atoms with Crippen molar-refractivity contribution in [2.24, 2.45) is 5.92 Å². The number of urea groups is 1. The number of hydrogen-bond donors (Lipinski definition) is 3. The summed E-state index contributed by atoms with van der Waals surface area (Å²) in [5.41, 5.74) is 1.00. The van der Waals surface area contributed by atoms with Gasteiger partial charge in [-0.05, 0) is 37.5 Å². The summed E-state index contributed by atoms with van der Waals surface area (Å²) < 4.78 is 5.39. The van der Waals surface area contributed by atoms with Crippen molar-refractivity contribution in [3.63, 3.8) is 0 Å². The number of nitrogens with one attached hydrogen (secondary N) is 2. The normalized spacial score (nSPS) is 14.8. The smallest absolute Gasteiger partial charge is 0.315 e. The highest BCUT2D eigenvalue weighted by atomic mass is 16.5. The molecule has 0 bridgehead atoms. The summed E-state index contributed by atoms with van der Waals surface area (Å²) in [5.74, 6) is 0.989. The van der Waals surface area contributed by atoms with Crippen LogP contribution in [0, 0.1) is 5.92 Å². The van der Waals surface area contributed by atoms with Crippen LogP contribution in [0.2, 0.25) is 0 Å². The van der Waals surface area contributed by atoms with Crippen LogP contribution in [0.25, 0.3) is 0 Å². The number of amides is 2. The average molecular weight is 308 g/mol. The Balaban J connectivity index is 2.43. The molecule has 3 atom stereocenters. The van der Waals surface area contributed by atoms with E-state index in [1.807, 2.05) is 52.0 Å². The van der Waals surface area contributed by atoms with Crippen LogP contribution in [0.4, 0.5) is 4.79 Å². The molecule has 1 aromatic carbocycles. The Hall–Kier alpha value is -1.75. The van der Waals surface area contributed by atoms with Gasteiger partial charge in [-0.25, -0.2) is 4.79 Å². The fourth-order valence-corrected chi connectivity index (χ4v) is 2.02. The summed E-state index contributed by atoms with van der Waals surface area (Å²) in [7, 11) is 0. The molecule has 0 aliphatic heterocycles. The van der Waals surface area contributed by atoms with E-state index in [0.717, 1.165) is 17.7 Å². The number of aliphatic hydroxyl groups excluding tert-OH is 1. The molecule has 1 aromatic rings. The van der Waals surface area contributed by atoms with Gasteiger partial charge in [-0.1, -0.05) is 32.4 Å². The fraction of sp³-hybridized carbons (Fsp3) is 0.588. The molecule has 0 aliphatic rings. The Kier molecular flexibility index (Phi) is 7.74. The molecule has 0 saturated carbocycles. The number of aliphatic hydroxyl groups is 1. The molecular formula is C17H28N2O3. The topological polar surface area (TPSA) is 70.6 Å². The fourth-order valence-electron chi connectivity index (χ4n) is 2.02. The van der Waals surface area contributed by atoms with E-state index in [0.29, 0.717) is 6.61 Å². The number of carbonyl (C=O) groups excluding carboxylic acids is 1. The van der Waals surface area contributed by atoms with Crippen molar-refractivity contribution >= 4 is 6.03 Å². The summed E-state index contributed by atoms with van der Waals surface area (Å²) in [4.78, 5) is 11.9. The van der Waals surface area contributed by atoms with Crippen LogP contribution < -0.4 is 15.4 Å². The van der Waals surface area contributed by atoms with Gasteiger partial charge in [0, 0.05) is 6.54 Å². The molecule has 5 heteroatoms. The van der Waals surface area contributed by atoms with Gasteiger partial charge >= 0.3 is 6.03 Å². The van der Waals surface area contributed by atoms with Gasteiger partial charge in [0.05, 0.1) is 18.8 Å². The zero-order valence-corrected chi connectivity index (χ0v) is 13.9. The van der Waals surface area contributed by atoms with Gasteiger partial charge < -0.3 is 20.5 Å². The van der Waals surface area contributed by atoms with E-state index in [-0.39, 0.29) is 24.5 Å².